The van der Waals surface area contributed by atoms with Gasteiger partial charge in [-0.05, 0) is 48.5 Å². The lowest BCUT2D eigenvalue weighted by Gasteiger charge is -2.32. The molecular formula is C29H34N8O2. The topological polar surface area (TPSA) is 103 Å². The summed E-state index contributed by atoms with van der Waals surface area (Å²) in [6, 6.07) is 12.0. The number of nitrogens with zero attached hydrogens (tertiary/aromatic N) is 6. The van der Waals surface area contributed by atoms with Crippen LogP contribution in [0.3, 0.4) is 0 Å². The lowest BCUT2D eigenvalue weighted by molar-refractivity contribution is 0.0341. The van der Waals surface area contributed by atoms with Crippen molar-refractivity contribution in [2.24, 2.45) is 0 Å². The second kappa shape index (κ2) is 11.6. The summed E-state index contributed by atoms with van der Waals surface area (Å²) in [6.07, 6.45) is 5.49. The highest BCUT2D eigenvalue weighted by Gasteiger charge is 2.17. The summed E-state index contributed by atoms with van der Waals surface area (Å²) in [4.78, 5) is 29.4. The second-order valence-electron chi connectivity index (χ2n) is 10.4. The van der Waals surface area contributed by atoms with E-state index in [9.17, 15) is 4.79 Å². The number of amides is 1. The van der Waals surface area contributed by atoms with Crippen LogP contribution in [-0.2, 0) is 17.8 Å². The number of H-pyrrole nitrogens is 1. The van der Waals surface area contributed by atoms with Gasteiger partial charge in [0, 0.05) is 75.7 Å². The van der Waals surface area contributed by atoms with Gasteiger partial charge in [-0.15, -0.1) is 0 Å². The molecule has 0 atom stereocenters. The Morgan fingerprint density at radius 3 is 2.54 bits per heavy atom. The molecule has 10 heteroatoms. The number of rotatable bonds is 7. The van der Waals surface area contributed by atoms with E-state index in [0.717, 1.165) is 98.9 Å². The second-order valence-corrected chi connectivity index (χ2v) is 10.4. The molecule has 2 aliphatic rings. The smallest absolute Gasteiger partial charge is 0.276 e. The molecule has 0 saturated carbocycles. The van der Waals surface area contributed by atoms with Crippen molar-refractivity contribution in [2.75, 3.05) is 64.8 Å². The number of morpholine rings is 1. The van der Waals surface area contributed by atoms with Crippen LogP contribution in [0.15, 0.2) is 55.0 Å². The van der Waals surface area contributed by atoms with Gasteiger partial charge in [-0.1, -0.05) is 6.07 Å². The van der Waals surface area contributed by atoms with E-state index in [-0.39, 0.29) is 5.91 Å². The standard InChI is InChI=1S/C29H34N8O2/c1-35-6-8-36(9-7-35)20-25-4-3-24(18-31-25)32-29(38)28-26-15-22(2-5-27(26)33-34-28)23-14-21(16-30-17-23)19-37-10-12-39-13-11-37/h2-5,14-18H,6-13,19-20H2,1H3,(H,32,38)(H,33,34). The summed E-state index contributed by atoms with van der Waals surface area (Å²) < 4.78 is 5.46. The van der Waals surface area contributed by atoms with E-state index in [4.69, 9.17) is 4.74 Å². The van der Waals surface area contributed by atoms with Crippen LogP contribution in [-0.4, -0.2) is 100 Å². The van der Waals surface area contributed by atoms with Gasteiger partial charge in [-0.3, -0.25) is 29.7 Å². The Morgan fingerprint density at radius 1 is 0.923 bits per heavy atom. The van der Waals surface area contributed by atoms with Gasteiger partial charge in [0.05, 0.1) is 36.3 Å². The van der Waals surface area contributed by atoms with E-state index in [1.165, 1.54) is 0 Å². The molecule has 0 aliphatic carbocycles. The predicted octanol–water partition coefficient (Wildman–Crippen LogP) is 2.85. The molecule has 4 aromatic rings. The summed E-state index contributed by atoms with van der Waals surface area (Å²) in [7, 11) is 2.15. The lowest BCUT2D eigenvalue weighted by atomic mass is 10.0. The first-order chi connectivity index (χ1) is 19.1. The molecule has 5 heterocycles. The summed E-state index contributed by atoms with van der Waals surface area (Å²) in [6.45, 7) is 9.28. The van der Waals surface area contributed by atoms with Crippen LogP contribution >= 0.6 is 0 Å². The summed E-state index contributed by atoms with van der Waals surface area (Å²) >= 11 is 0. The minimum absolute atomic E-state index is 0.272. The van der Waals surface area contributed by atoms with Crippen molar-refractivity contribution in [3.63, 3.8) is 0 Å². The average molecular weight is 527 g/mol. The molecular weight excluding hydrogens is 492 g/mol. The fourth-order valence-electron chi connectivity index (χ4n) is 5.13. The maximum Gasteiger partial charge on any atom is 0.276 e. The number of hydrogen-bond donors (Lipinski definition) is 2. The van der Waals surface area contributed by atoms with Crippen LogP contribution < -0.4 is 5.32 Å². The van der Waals surface area contributed by atoms with Crippen LogP contribution in [0, 0.1) is 0 Å². The fraction of sp³-hybridized carbons (Fsp3) is 0.379. The fourth-order valence-corrected chi connectivity index (χ4v) is 5.13. The van der Waals surface area contributed by atoms with E-state index in [0.29, 0.717) is 11.4 Å². The molecule has 1 amide bonds. The van der Waals surface area contributed by atoms with Crippen LogP contribution in [0.5, 0.6) is 0 Å². The van der Waals surface area contributed by atoms with Crippen molar-refractivity contribution in [3.05, 3.63) is 71.9 Å². The Bertz CT molecular complexity index is 1420. The number of nitrogens with one attached hydrogen (secondary N) is 2. The van der Waals surface area contributed by atoms with Crippen molar-refractivity contribution in [1.29, 1.82) is 0 Å². The highest BCUT2D eigenvalue weighted by molar-refractivity contribution is 6.11. The number of likely N-dealkylation sites (N-methyl/N-ethyl adjacent to an activating group) is 1. The number of fused-ring (bicyclic) bond motifs is 1. The molecule has 2 aliphatic heterocycles. The first kappa shape index (κ1) is 25.6. The number of ether oxygens (including phenoxy) is 1. The molecule has 10 nitrogen and oxygen atoms in total. The van der Waals surface area contributed by atoms with Gasteiger partial charge in [0.25, 0.3) is 5.91 Å². The number of benzene rings is 1. The van der Waals surface area contributed by atoms with Gasteiger partial charge in [-0.2, -0.15) is 5.10 Å². The Hall–Kier alpha value is -3.70. The SMILES string of the molecule is CN1CCN(Cc2ccc(NC(=O)c3n[nH]c4ccc(-c5cncc(CN6CCOCC6)c5)cc34)cn2)CC1. The lowest BCUT2D eigenvalue weighted by Crippen LogP contribution is -2.43. The highest BCUT2D eigenvalue weighted by atomic mass is 16.5. The normalized spacial score (nSPS) is 17.5. The zero-order valence-corrected chi connectivity index (χ0v) is 22.3. The molecule has 0 bridgehead atoms. The van der Waals surface area contributed by atoms with Gasteiger partial charge in [0.15, 0.2) is 5.69 Å². The Balaban J connectivity index is 1.14. The van der Waals surface area contributed by atoms with Gasteiger partial charge >= 0.3 is 0 Å². The van der Waals surface area contributed by atoms with E-state index in [1.807, 2.05) is 42.7 Å². The average Bonchev–Trinajstić information content (AvgIpc) is 3.40. The summed E-state index contributed by atoms with van der Waals surface area (Å²) in [5.74, 6) is -0.272. The molecule has 202 valence electrons. The molecule has 6 rings (SSSR count). The minimum Gasteiger partial charge on any atom is -0.379 e. The molecule has 1 aromatic carbocycles. The third kappa shape index (κ3) is 6.15. The number of aromatic amines is 1. The minimum atomic E-state index is -0.272. The van der Waals surface area contributed by atoms with Crippen molar-refractivity contribution in [1.82, 2.24) is 34.9 Å². The van der Waals surface area contributed by atoms with Gasteiger partial charge in [0.2, 0.25) is 0 Å². The summed E-state index contributed by atoms with van der Waals surface area (Å²) in [5.41, 5.74) is 5.96. The van der Waals surface area contributed by atoms with Crippen molar-refractivity contribution < 1.29 is 9.53 Å². The maximum atomic E-state index is 13.2. The number of carbonyl (C=O) groups excluding carboxylic acids is 1. The van der Waals surface area contributed by atoms with Crippen LogP contribution in [0.2, 0.25) is 0 Å². The van der Waals surface area contributed by atoms with E-state index < -0.39 is 0 Å². The van der Waals surface area contributed by atoms with E-state index >= 15 is 0 Å². The molecule has 2 fully saturated rings. The predicted molar refractivity (Wildman–Crippen MR) is 150 cm³/mol. The molecule has 3 aromatic heterocycles. The monoisotopic (exact) mass is 526 g/mol. The maximum absolute atomic E-state index is 13.2. The summed E-state index contributed by atoms with van der Waals surface area (Å²) in [5, 5.41) is 11.0. The van der Waals surface area contributed by atoms with Crippen molar-refractivity contribution in [2.45, 2.75) is 13.1 Å². The molecule has 2 saturated heterocycles. The van der Waals surface area contributed by atoms with E-state index in [2.05, 4.69) is 53.3 Å². The highest BCUT2D eigenvalue weighted by Crippen LogP contribution is 2.26. The zero-order valence-electron chi connectivity index (χ0n) is 22.3. The largest absolute Gasteiger partial charge is 0.379 e. The molecule has 2 N–H and O–H groups in total. The quantitative estimate of drug-likeness (QED) is 0.379. The molecule has 0 spiro atoms. The van der Waals surface area contributed by atoms with Gasteiger partial charge < -0.3 is 15.0 Å². The number of aromatic nitrogens is 4. The van der Waals surface area contributed by atoms with Crippen molar-refractivity contribution in [3.8, 4) is 11.1 Å². The number of anilines is 1. The number of piperazine rings is 1. The van der Waals surface area contributed by atoms with E-state index in [1.54, 1.807) is 6.20 Å². The molecule has 39 heavy (non-hydrogen) atoms. The Morgan fingerprint density at radius 2 is 1.74 bits per heavy atom. The van der Waals surface area contributed by atoms with Crippen LogP contribution in [0.1, 0.15) is 21.7 Å². The Kier molecular flexibility index (Phi) is 7.60. The van der Waals surface area contributed by atoms with Crippen LogP contribution in [0.4, 0.5) is 5.69 Å². The number of pyridine rings is 2. The van der Waals surface area contributed by atoms with Crippen molar-refractivity contribution >= 4 is 22.5 Å². The third-order valence-electron chi connectivity index (χ3n) is 7.48. The zero-order chi connectivity index (χ0) is 26.6. The molecule has 0 radical (unpaired) electrons. The third-order valence-corrected chi connectivity index (χ3v) is 7.48. The molecule has 0 unspecified atom stereocenters. The van der Waals surface area contributed by atoms with Gasteiger partial charge in [0.1, 0.15) is 0 Å². The first-order valence-electron chi connectivity index (χ1n) is 13.5. The first-order valence-corrected chi connectivity index (χ1v) is 13.5. The number of carbonyl (C=O) groups is 1. The van der Waals surface area contributed by atoms with Crippen LogP contribution in [0.25, 0.3) is 22.0 Å². The number of hydrogen-bond acceptors (Lipinski definition) is 8. The Labute approximate surface area is 228 Å². The van der Waals surface area contributed by atoms with Gasteiger partial charge in [-0.25, -0.2) is 0 Å².